The van der Waals surface area contributed by atoms with E-state index in [0.29, 0.717) is 5.69 Å². The quantitative estimate of drug-likeness (QED) is 0.795. The highest BCUT2D eigenvalue weighted by Crippen LogP contribution is 2.03. The fraction of sp³-hybridized carbons (Fsp3) is 0.455. The molecule has 1 aromatic rings. The van der Waals surface area contributed by atoms with Gasteiger partial charge in [-0.2, -0.15) is 0 Å². The average Bonchev–Trinajstić information content (AvgIpc) is 2.18. The van der Waals surface area contributed by atoms with Gasteiger partial charge in [-0.05, 0) is 31.9 Å². The predicted molar refractivity (Wildman–Crippen MR) is 56.2 cm³/mol. The number of rotatable bonds is 3. The third-order valence-corrected chi connectivity index (χ3v) is 2.21. The molecule has 1 N–H and O–H groups in total. The predicted octanol–water partition coefficient (Wildman–Crippen LogP) is 1.92. The van der Waals surface area contributed by atoms with Crippen LogP contribution in [-0.4, -0.2) is 16.9 Å². The summed E-state index contributed by atoms with van der Waals surface area (Å²) >= 11 is 0. The zero-order valence-electron chi connectivity index (χ0n) is 8.87. The molecule has 1 unspecified atom stereocenters. The standard InChI is InChI=1S/C11H16N2O/c1-4-9(3)13-11(14)10-8(2)6-5-7-12-10/h5-7,9H,4H2,1-3H3,(H,13,14). The summed E-state index contributed by atoms with van der Waals surface area (Å²) in [5, 5.41) is 2.89. The molecule has 3 heteroatoms. The van der Waals surface area contributed by atoms with E-state index in [-0.39, 0.29) is 11.9 Å². The Kier molecular flexibility index (Phi) is 3.63. The van der Waals surface area contributed by atoms with Crippen molar-refractivity contribution in [3.8, 4) is 0 Å². The second kappa shape index (κ2) is 4.74. The molecule has 0 spiro atoms. The number of aromatic nitrogens is 1. The monoisotopic (exact) mass is 192 g/mol. The fourth-order valence-corrected chi connectivity index (χ4v) is 1.12. The molecule has 1 aromatic heterocycles. The molecule has 0 bridgehead atoms. The first-order valence-electron chi connectivity index (χ1n) is 4.87. The summed E-state index contributed by atoms with van der Waals surface area (Å²) in [4.78, 5) is 15.7. The molecule has 3 nitrogen and oxygen atoms in total. The molecule has 0 aliphatic carbocycles. The van der Waals surface area contributed by atoms with Crippen LogP contribution < -0.4 is 5.32 Å². The molecule has 1 rings (SSSR count). The van der Waals surface area contributed by atoms with Crippen molar-refractivity contribution in [1.29, 1.82) is 0 Å². The number of carbonyl (C=O) groups is 1. The summed E-state index contributed by atoms with van der Waals surface area (Å²) in [6.07, 6.45) is 2.57. The van der Waals surface area contributed by atoms with Gasteiger partial charge >= 0.3 is 0 Å². The summed E-state index contributed by atoms with van der Waals surface area (Å²) in [6.45, 7) is 5.91. The van der Waals surface area contributed by atoms with Crippen molar-refractivity contribution in [2.24, 2.45) is 0 Å². The molecular formula is C11H16N2O. The Morgan fingerprint density at radius 1 is 1.64 bits per heavy atom. The number of carbonyl (C=O) groups excluding carboxylic acids is 1. The lowest BCUT2D eigenvalue weighted by Gasteiger charge is -2.11. The number of pyridine rings is 1. The second-order valence-electron chi connectivity index (χ2n) is 3.45. The van der Waals surface area contributed by atoms with E-state index in [2.05, 4.69) is 10.3 Å². The Balaban J connectivity index is 2.75. The lowest BCUT2D eigenvalue weighted by atomic mass is 10.2. The summed E-state index contributed by atoms with van der Waals surface area (Å²) in [5.74, 6) is -0.0857. The van der Waals surface area contributed by atoms with Crippen LogP contribution in [0, 0.1) is 6.92 Å². The van der Waals surface area contributed by atoms with Crippen LogP contribution in [0.2, 0.25) is 0 Å². The van der Waals surface area contributed by atoms with E-state index in [1.165, 1.54) is 0 Å². The number of hydrogen-bond acceptors (Lipinski definition) is 2. The number of nitrogens with zero attached hydrogens (tertiary/aromatic N) is 1. The topological polar surface area (TPSA) is 42.0 Å². The largest absolute Gasteiger partial charge is 0.348 e. The van der Waals surface area contributed by atoms with Crippen molar-refractivity contribution in [2.45, 2.75) is 33.2 Å². The zero-order chi connectivity index (χ0) is 10.6. The average molecular weight is 192 g/mol. The number of aryl methyl sites for hydroxylation is 1. The Hall–Kier alpha value is -1.38. The molecule has 0 aromatic carbocycles. The van der Waals surface area contributed by atoms with Crippen LogP contribution >= 0.6 is 0 Å². The summed E-state index contributed by atoms with van der Waals surface area (Å²) < 4.78 is 0. The summed E-state index contributed by atoms with van der Waals surface area (Å²) in [6, 6.07) is 3.91. The van der Waals surface area contributed by atoms with Crippen molar-refractivity contribution in [3.05, 3.63) is 29.6 Å². The van der Waals surface area contributed by atoms with Crippen molar-refractivity contribution in [1.82, 2.24) is 10.3 Å². The van der Waals surface area contributed by atoms with Crippen LogP contribution in [0.25, 0.3) is 0 Å². The first kappa shape index (κ1) is 10.7. The minimum atomic E-state index is -0.0857. The molecular weight excluding hydrogens is 176 g/mol. The molecule has 0 radical (unpaired) electrons. The van der Waals surface area contributed by atoms with Gasteiger partial charge in [0.1, 0.15) is 5.69 Å². The van der Waals surface area contributed by atoms with Crippen molar-refractivity contribution in [3.63, 3.8) is 0 Å². The molecule has 0 fully saturated rings. The maximum absolute atomic E-state index is 11.7. The zero-order valence-corrected chi connectivity index (χ0v) is 8.87. The van der Waals surface area contributed by atoms with Crippen LogP contribution in [0.4, 0.5) is 0 Å². The van der Waals surface area contributed by atoms with Crippen molar-refractivity contribution >= 4 is 5.91 Å². The molecule has 0 saturated heterocycles. The van der Waals surface area contributed by atoms with Gasteiger partial charge in [-0.1, -0.05) is 13.0 Å². The van der Waals surface area contributed by atoms with Crippen LogP contribution in [-0.2, 0) is 0 Å². The number of hydrogen-bond donors (Lipinski definition) is 1. The van der Waals surface area contributed by atoms with Crippen LogP contribution in [0.15, 0.2) is 18.3 Å². The Morgan fingerprint density at radius 3 is 2.93 bits per heavy atom. The maximum Gasteiger partial charge on any atom is 0.270 e. The van der Waals surface area contributed by atoms with Gasteiger partial charge in [0.05, 0.1) is 0 Å². The molecule has 0 aliphatic heterocycles. The van der Waals surface area contributed by atoms with Crippen molar-refractivity contribution < 1.29 is 4.79 Å². The van der Waals surface area contributed by atoms with Crippen LogP contribution in [0.1, 0.15) is 36.3 Å². The van der Waals surface area contributed by atoms with Gasteiger partial charge in [0, 0.05) is 12.2 Å². The van der Waals surface area contributed by atoms with E-state index in [9.17, 15) is 4.79 Å². The molecule has 14 heavy (non-hydrogen) atoms. The van der Waals surface area contributed by atoms with Gasteiger partial charge in [0.25, 0.3) is 5.91 Å². The lowest BCUT2D eigenvalue weighted by Crippen LogP contribution is -2.32. The van der Waals surface area contributed by atoms with E-state index >= 15 is 0 Å². The van der Waals surface area contributed by atoms with E-state index in [4.69, 9.17) is 0 Å². The lowest BCUT2D eigenvalue weighted by molar-refractivity contribution is 0.0933. The second-order valence-corrected chi connectivity index (χ2v) is 3.45. The maximum atomic E-state index is 11.7. The van der Waals surface area contributed by atoms with Crippen LogP contribution in [0.5, 0.6) is 0 Å². The molecule has 76 valence electrons. The minimum Gasteiger partial charge on any atom is -0.348 e. The number of nitrogens with one attached hydrogen (secondary N) is 1. The molecule has 1 amide bonds. The van der Waals surface area contributed by atoms with E-state index in [0.717, 1.165) is 12.0 Å². The first-order valence-corrected chi connectivity index (χ1v) is 4.87. The Labute approximate surface area is 84.6 Å². The summed E-state index contributed by atoms with van der Waals surface area (Å²) in [7, 11) is 0. The summed E-state index contributed by atoms with van der Waals surface area (Å²) in [5.41, 5.74) is 1.43. The highest BCUT2D eigenvalue weighted by molar-refractivity contribution is 5.93. The van der Waals surface area contributed by atoms with Gasteiger partial charge in [0.2, 0.25) is 0 Å². The van der Waals surface area contributed by atoms with Gasteiger partial charge in [0.15, 0.2) is 0 Å². The molecule has 0 aliphatic rings. The van der Waals surface area contributed by atoms with Crippen LogP contribution in [0.3, 0.4) is 0 Å². The highest BCUT2D eigenvalue weighted by Gasteiger charge is 2.11. The molecule has 0 saturated carbocycles. The number of amides is 1. The van der Waals surface area contributed by atoms with Gasteiger partial charge < -0.3 is 5.32 Å². The SMILES string of the molecule is CCC(C)NC(=O)c1ncccc1C. The smallest absolute Gasteiger partial charge is 0.270 e. The molecule has 1 atom stereocenters. The van der Waals surface area contributed by atoms with E-state index < -0.39 is 0 Å². The Bertz CT molecular complexity index is 323. The first-order chi connectivity index (χ1) is 6.65. The van der Waals surface area contributed by atoms with E-state index in [1.807, 2.05) is 32.9 Å². The van der Waals surface area contributed by atoms with Gasteiger partial charge in [-0.25, -0.2) is 0 Å². The minimum absolute atomic E-state index is 0.0857. The normalized spacial score (nSPS) is 12.2. The van der Waals surface area contributed by atoms with Gasteiger partial charge in [-0.15, -0.1) is 0 Å². The molecule has 1 heterocycles. The van der Waals surface area contributed by atoms with Gasteiger partial charge in [-0.3, -0.25) is 9.78 Å². The van der Waals surface area contributed by atoms with Crippen molar-refractivity contribution in [2.75, 3.05) is 0 Å². The fourth-order valence-electron chi connectivity index (χ4n) is 1.12. The third-order valence-electron chi connectivity index (χ3n) is 2.21. The highest BCUT2D eigenvalue weighted by atomic mass is 16.1. The third kappa shape index (κ3) is 2.55. The van der Waals surface area contributed by atoms with E-state index in [1.54, 1.807) is 6.20 Å². The Morgan fingerprint density at radius 2 is 2.36 bits per heavy atom.